The highest BCUT2D eigenvalue weighted by Gasteiger charge is 2.61. The topological polar surface area (TPSA) is 16.4 Å². The van der Waals surface area contributed by atoms with E-state index in [2.05, 4.69) is 195 Å². The Kier molecular flexibility index (Phi) is 7.38. The first-order valence-corrected chi connectivity index (χ1v) is 23.3. The molecule has 63 heavy (non-hydrogen) atoms. The molecule has 2 heteroatoms. The number of furan rings is 1. The van der Waals surface area contributed by atoms with Crippen LogP contribution in [0.5, 0.6) is 0 Å². The molecule has 4 fully saturated rings. The summed E-state index contributed by atoms with van der Waals surface area (Å²) in [6, 6.07) is 66.4. The summed E-state index contributed by atoms with van der Waals surface area (Å²) in [5.74, 6) is 3.23. The van der Waals surface area contributed by atoms with Crippen LogP contribution >= 0.6 is 0 Å². The monoisotopic (exact) mass is 811 g/mol. The van der Waals surface area contributed by atoms with Crippen molar-refractivity contribution in [3.8, 4) is 44.5 Å². The molecular weight excluding hydrogens is 763 g/mol. The van der Waals surface area contributed by atoms with Crippen molar-refractivity contribution in [1.29, 1.82) is 0 Å². The van der Waals surface area contributed by atoms with Crippen LogP contribution in [-0.4, -0.2) is 0 Å². The van der Waals surface area contributed by atoms with Crippen molar-refractivity contribution in [2.45, 2.75) is 56.8 Å². The van der Waals surface area contributed by atoms with E-state index in [1.807, 2.05) is 0 Å². The van der Waals surface area contributed by atoms with E-state index in [1.165, 1.54) is 104 Å². The van der Waals surface area contributed by atoms with Crippen LogP contribution in [0.4, 0.5) is 17.1 Å². The third kappa shape index (κ3) is 4.90. The van der Waals surface area contributed by atoms with Gasteiger partial charge in [0.15, 0.2) is 0 Å². The van der Waals surface area contributed by atoms with Crippen LogP contribution in [0.1, 0.15) is 68.2 Å². The minimum atomic E-state index is -0.0854. The van der Waals surface area contributed by atoms with Gasteiger partial charge in [-0.1, -0.05) is 141 Å². The number of para-hydroxylation sites is 1. The highest BCUT2D eigenvalue weighted by atomic mass is 16.3. The molecule has 4 saturated carbocycles. The molecule has 0 unspecified atom stereocenters. The van der Waals surface area contributed by atoms with Gasteiger partial charge in [-0.2, -0.15) is 0 Å². The van der Waals surface area contributed by atoms with Crippen molar-refractivity contribution in [3.63, 3.8) is 0 Å². The molecule has 0 atom stereocenters. The van der Waals surface area contributed by atoms with Crippen molar-refractivity contribution in [1.82, 2.24) is 0 Å². The number of fused-ring (bicyclic) bond motifs is 9. The number of benzene rings is 8. The summed E-state index contributed by atoms with van der Waals surface area (Å²) >= 11 is 0. The molecule has 304 valence electrons. The predicted molar refractivity (Wildman–Crippen MR) is 260 cm³/mol. The first-order valence-electron chi connectivity index (χ1n) is 23.3. The molecule has 4 bridgehead atoms. The fourth-order valence-corrected chi connectivity index (χ4v) is 14.4. The van der Waals surface area contributed by atoms with Gasteiger partial charge in [0.25, 0.3) is 0 Å². The van der Waals surface area contributed by atoms with E-state index >= 15 is 0 Å². The number of anilines is 3. The molecule has 6 aliphatic rings. The van der Waals surface area contributed by atoms with Gasteiger partial charge >= 0.3 is 0 Å². The molecule has 0 N–H and O–H groups in total. The zero-order valence-electron chi connectivity index (χ0n) is 35.9. The van der Waals surface area contributed by atoms with Crippen molar-refractivity contribution in [2.24, 2.45) is 23.7 Å². The largest absolute Gasteiger partial charge is 0.456 e. The Hall–Kier alpha value is -6.64. The second-order valence-electron chi connectivity index (χ2n) is 20.1. The predicted octanol–water partition coefficient (Wildman–Crippen LogP) is 16.4. The zero-order chi connectivity index (χ0) is 41.6. The Labute approximate surface area is 369 Å². The fourth-order valence-electron chi connectivity index (χ4n) is 14.4. The highest BCUT2D eigenvalue weighted by molar-refractivity contribution is 6.12. The lowest BCUT2D eigenvalue weighted by Crippen LogP contribution is -2.55. The minimum absolute atomic E-state index is 0.0854. The van der Waals surface area contributed by atoms with Gasteiger partial charge in [-0.25, -0.2) is 0 Å². The van der Waals surface area contributed by atoms with E-state index in [9.17, 15) is 0 Å². The van der Waals surface area contributed by atoms with Gasteiger partial charge in [0, 0.05) is 38.7 Å². The summed E-state index contributed by atoms with van der Waals surface area (Å²) in [5, 5.41) is 2.33. The van der Waals surface area contributed by atoms with Gasteiger partial charge in [0.1, 0.15) is 11.2 Å². The van der Waals surface area contributed by atoms with Crippen molar-refractivity contribution < 1.29 is 4.42 Å². The standard InChI is InChI=1S/C61H49NO/c1-60(2)53-17-6-3-12-49(53)51-16-9-15-47(59(51)60)40-23-27-44(28-24-40)62(43-25-21-39(22-26-43)46-14-10-20-57-58(46)52-13-5-8-19-56(52)63-57)45-29-30-50-48-11-4-7-18-54(48)61(55(50)36-45)41-32-37-31-38(34-41)35-42(61)33-37/h3-30,36-38,41-42H,31-35H2,1-2H3. The van der Waals surface area contributed by atoms with Gasteiger partial charge in [-0.3, -0.25) is 0 Å². The van der Waals surface area contributed by atoms with E-state index in [0.717, 1.165) is 34.1 Å². The average molecular weight is 812 g/mol. The zero-order valence-corrected chi connectivity index (χ0v) is 35.9. The maximum absolute atomic E-state index is 6.32. The first kappa shape index (κ1) is 35.9. The van der Waals surface area contributed by atoms with Crippen molar-refractivity contribution in [2.75, 3.05) is 4.90 Å². The van der Waals surface area contributed by atoms with Crippen LogP contribution in [0.15, 0.2) is 180 Å². The maximum atomic E-state index is 6.32. The summed E-state index contributed by atoms with van der Waals surface area (Å²) in [6.07, 6.45) is 6.96. The lowest BCUT2D eigenvalue weighted by Gasteiger charge is -2.61. The summed E-state index contributed by atoms with van der Waals surface area (Å²) in [4.78, 5) is 2.52. The number of hydrogen-bond acceptors (Lipinski definition) is 2. The van der Waals surface area contributed by atoms with Gasteiger partial charge in [-0.05, 0) is 171 Å². The van der Waals surface area contributed by atoms with Crippen LogP contribution in [0, 0.1) is 23.7 Å². The van der Waals surface area contributed by atoms with Crippen molar-refractivity contribution in [3.05, 3.63) is 198 Å². The molecule has 2 nitrogen and oxygen atoms in total. The second-order valence-corrected chi connectivity index (χ2v) is 20.1. The SMILES string of the molecule is CC1(C)c2ccccc2-c2cccc(-c3ccc(N(c4ccc(-c5cccc6oc7ccccc7c56)cc4)c4ccc5c(c4)C4(c6ccccc6-5)C5CC6CC(C5)CC4C6)cc3)c21. The van der Waals surface area contributed by atoms with E-state index in [0.29, 0.717) is 11.8 Å². The van der Waals surface area contributed by atoms with Crippen molar-refractivity contribution >= 4 is 39.0 Å². The van der Waals surface area contributed by atoms with E-state index in [-0.39, 0.29) is 10.8 Å². The number of rotatable bonds is 5. The van der Waals surface area contributed by atoms with Crippen LogP contribution in [0.3, 0.4) is 0 Å². The van der Waals surface area contributed by atoms with Crippen LogP contribution in [0.2, 0.25) is 0 Å². The molecule has 0 amide bonds. The van der Waals surface area contributed by atoms with E-state index < -0.39 is 0 Å². The smallest absolute Gasteiger partial charge is 0.136 e. The van der Waals surface area contributed by atoms with Crippen LogP contribution < -0.4 is 4.90 Å². The summed E-state index contributed by atoms with van der Waals surface area (Å²) in [5.41, 5.74) is 22.0. The summed E-state index contributed by atoms with van der Waals surface area (Å²) in [6.45, 7) is 4.78. The normalized spacial score (nSPS) is 23.0. The summed E-state index contributed by atoms with van der Waals surface area (Å²) in [7, 11) is 0. The van der Waals surface area contributed by atoms with Gasteiger partial charge in [-0.15, -0.1) is 0 Å². The molecule has 1 aromatic heterocycles. The molecule has 0 saturated heterocycles. The van der Waals surface area contributed by atoms with E-state index in [1.54, 1.807) is 11.1 Å². The Bertz CT molecular complexity index is 3300. The molecule has 1 heterocycles. The Balaban J connectivity index is 0.922. The third-order valence-corrected chi connectivity index (χ3v) is 16.7. The quantitative estimate of drug-likeness (QED) is 0.172. The molecular formula is C61H49NO. The van der Waals surface area contributed by atoms with Crippen LogP contribution in [0.25, 0.3) is 66.4 Å². The van der Waals surface area contributed by atoms with E-state index in [4.69, 9.17) is 4.42 Å². The van der Waals surface area contributed by atoms with Crippen LogP contribution in [-0.2, 0) is 10.8 Å². The number of nitrogens with zero attached hydrogens (tertiary/aromatic N) is 1. The second kappa shape index (κ2) is 13.0. The third-order valence-electron chi connectivity index (χ3n) is 16.7. The van der Waals surface area contributed by atoms with Gasteiger partial charge < -0.3 is 9.32 Å². The lowest BCUT2D eigenvalue weighted by atomic mass is 9.43. The number of hydrogen-bond donors (Lipinski definition) is 0. The van der Waals surface area contributed by atoms with Gasteiger partial charge in [0.05, 0.1) is 0 Å². The Morgan fingerprint density at radius 3 is 1.68 bits per heavy atom. The molecule has 0 aliphatic heterocycles. The molecule has 1 spiro atoms. The summed E-state index contributed by atoms with van der Waals surface area (Å²) < 4.78 is 6.32. The molecule has 6 aliphatic carbocycles. The fraction of sp³-hybridized carbons (Fsp3) is 0.213. The van der Waals surface area contributed by atoms with Gasteiger partial charge in [0.2, 0.25) is 0 Å². The lowest BCUT2D eigenvalue weighted by molar-refractivity contribution is -0.0399. The molecule has 0 radical (unpaired) electrons. The Morgan fingerprint density at radius 2 is 0.952 bits per heavy atom. The average Bonchev–Trinajstić information content (AvgIpc) is 3.92. The minimum Gasteiger partial charge on any atom is -0.456 e. The first-order chi connectivity index (χ1) is 30.9. The molecule has 9 aromatic rings. The maximum Gasteiger partial charge on any atom is 0.136 e. The Morgan fingerprint density at radius 1 is 0.429 bits per heavy atom. The highest BCUT2D eigenvalue weighted by Crippen LogP contribution is 2.69. The molecule has 15 rings (SSSR count). The molecule has 8 aromatic carbocycles.